The van der Waals surface area contributed by atoms with E-state index in [1.54, 1.807) is 24.1 Å². The summed E-state index contributed by atoms with van der Waals surface area (Å²) in [6.07, 6.45) is 1.64. The highest BCUT2D eigenvalue weighted by Crippen LogP contribution is 2.33. The number of methoxy groups -OCH3 is 1. The number of hydrogen-bond donors (Lipinski definition) is 0. The lowest BCUT2D eigenvalue weighted by molar-refractivity contribution is 0.0223. The van der Waals surface area contributed by atoms with E-state index >= 15 is 0 Å². The number of carbonyl (C=O) groups is 1. The molecule has 4 nitrogen and oxygen atoms in total. The SMILES string of the molecule is COC(c1ccccc1)C1CCN(C(=O)Oc2ccccc2)CC1. The second-order valence-electron chi connectivity index (χ2n) is 6.07. The van der Waals surface area contributed by atoms with Gasteiger partial charge in [0.1, 0.15) is 5.75 Å². The molecule has 24 heavy (non-hydrogen) atoms. The van der Waals surface area contributed by atoms with Gasteiger partial charge in [-0.05, 0) is 36.5 Å². The van der Waals surface area contributed by atoms with E-state index in [4.69, 9.17) is 9.47 Å². The number of piperidine rings is 1. The van der Waals surface area contributed by atoms with Crippen molar-refractivity contribution >= 4 is 6.09 Å². The lowest BCUT2D eigenvalue weighted by Crippen LogP contribution is -2.41. The Morgan fingerprint density at radius 1 is 1.00 bits per heavy atom. The lowest BCUT2D eigenvalue weighted by Gasteiger charge is -2.35. The molecule has 0 aliphatic carbocycles. The van der Waals surface area contributed by atoms with Crippen molar-refractivity contribution in [3.05, 3.63) is 66.2 Å². The molecule has 0 saturated carbocycles. The second-order valence-corrected chi connectivity index (χ2v) is 6.07. The van der Waals surface area contributed by atoms with Crippen LogP contribution in [0.15, 0.2) is 60.7 Å². The van der Waals surface area contributed by atoms with Crippen molar-refractivity contribution in [3.63, 3.8) is 0 Å². The molecule has 4 heteroatoms. The fourth-order valence-corrected chi connectivity index (χ4v) is 3.28. The highest BCUT2D eigenvalue weighted by molar-refractivity contribution is 5.70. The standard InChI is InChI=1S/C20H23NO3/c1-23-19(16-8-4-2-5-9-16)17-12-14-21(15-13-17)20(22)24-18-10-6-3-7-11-18/h2-11,17,19H,12-15H2,1H3. The number of amides is 1. The van der Waals surface area contributed by atoms with Gasteiger partial charge in [0.05, 0.1) is 6.10 Å². The van der Waals surface area contributed by atoms with Crippen molar-refractivity contribution in [3.8, 4) is 5.75 Å². The smallest absolute Gasteiger partial charge is 0.410 e. The van der Waals surface area contributed by atoms with Gasteiger partial charge in [0.2, 0.25) is 0 Å². The number of para-hydroxylation sites is 1. The van der Waals surface area contributed by atoms with Crippen LogP contribution in [0.25, 0.3) is 0 Å². The maximum Gasteiger partial charge on any atom is 0.415 e. The first kappa shape index (κ1) is 16.5. The quantitative estimate of drug-likeness (QED) is 0.842. The lowest BCUT2D eigenvalue weighted by atomic mass is 9.87. The third kappa shape index (κ3) is 3.95. The Morgan fingerprint density at radius 3 is 2.17 bits per heavy atom. The van der Waals surface area contributed by atoms with Crippen molar-refractivity contribution in [2.75, 3.05) is 20.2 Å². The van der Waals surface area contributed by atoms with Gasteiger partial charge in [0.15, 0.2) is 0 Å². The molecule has 1 atom stereocenters. The number of likely N-dealkylation sites (tertiary alicyclic amines) is 1. The molecular formula is C20H23NO3. The summed E-state index contributed by atoms with van der Waals surface area (Å²) in [5.41, 5.74) is 1.20. The molecule has 1 amide bonds. The predicted octanol–water partition coefficient (Wildman–Crippen LogP) is 4.29. The van der Waals surface area contributed by atoms with E-state index in [2.05, 4.69) is 12.1 Å². The van der Waals surface area contributed by atoms with E-state index in [1.807, 2.05) is 36.4 Å². The van der Waals surface area contributed by atoms with Gasteiger partial charge < -0.3 is 14.4 Å². The number of benzene rings is 2. The zero-order valence-electron chi connectivity index (χ0n) is 13.9. The minimum Gasteiger partial charge on any atom is -0.410 e. The van der Waals surface area contributed by atoms with Crippen LogP contribution in [0.5, 0.6) is 5.75 Å². The van der Waals surface area contributed by atoms with E-state index < -0.39 is 0 Å². The maximum absolute atomic E-state index is 12.3. The molecule has 1 aliphatic heterocycles. The maximum atomic E-state index is 12.3. The summed E-state index contributed by atoms with van der Waals surface area (Å²) < 4.78 is 11.1. The monoisotopic (exact) mass is 325 g/mol. The van der Waals surface area contributed by atoms with Crippen LogP contribution in [0.3, 0.4) is 0 Å². The topological polar surface area (TPSA) is 38.8 Å². The first-order valence-corrected chi connectivity index (χ1v) is 8.37. The highest BCUT2D eigenvalue weighted by Gasteiger charge is 2.30. The van der Waals surface area contributed by atoms with Crippen molar-refractivity contribution < 1.29 is 14.3 Å². The molecule has 1 heterocycles. The Morgan fingerprint density at radius 2 is 1.58 bits per heavy atom. The van der Waals surface area contributed by atoms with Crippen LogP contribution in [0.2, 0.25) is 0 Å². The minimum atomic E-state index is -0.270. The van der Waals surface area contributed by atoms with Gasteiger partial charge in [-0.15, -0.1) is 0 Å². The van der Waals surface area contributed by atoms with Crippen LogP contribution >= 0.6 is 0 Å². The molecular weight excluding hydrogens is 302 g/mol. The number of carbonyl (C=O) groups excluding carboxylic acids is 1. The van der Waals surface area contributed by atoms with Crippen molar-refractivity contribution in [2.24, 2.45) is 5.92 Å². The van der Waals surface area contributed by atoms with Gasteiger partial charge in [-0.1, -0.05) is 48.5 Å². The molecule has 0 radical (unpaired) electrons. The van der Waals surface area contributed by atoms with Gasteiger partial charge in [0, 0.05) is 20.2 Å². The molecule has 1 saturated heterocycles. The molecule has 2 aromatic rings. The fourth-order valence-electron chi connectivity index (χ4n) is 3.28. The van der Waals surface area contributed by atoms with Crippen molar-refractivity contribution in [1.82, 2.24) is 4.90 Å². The number of ether oxygens (including phenoxy) is 2. The summed E-state index contributed by atoms with van der Waals surface area (Å²) in [6.45, 7) is 1.39. The van der Waals surface area contributed by atoms with Gasteiger partial charge in [-0.3, -0.25) is 0 Å². The zero-order valence-corrected chi connectivity index (χ0v) is 13.9. The average molecular weight is 325 g/mol. The predicted molar refractivity (Wildman–Crippen MR) is 93.0 cm³/mol. The summed E-state index contributed by atoms with van der Waals surface area (Å²) in [7, 11) is 1.76. The Kier molecular flexibility index (Phi) is 5.49. The second kappa shape index (κ2) is 7.97. The van der Waals surface area contributed by atoms with Crippen LogP contribution in [0.1, 0.15) is 24.5 Å². The normalized spacial score (nSPS) is 16.6. The Balaban J connectivity index is 1.56. The molecule has 1 fully saturated rings. The summed E-state index contributed by atoms with van der Waals surface area (Å²) in [4.78, 5) is 14.0. The largest absolute Gasteiger partial charge is 0.415 e. The third-order valence-electron chi connectivity index (χ3n) is 4.56. The molecule has 1 aliphatic rings. The first-order valence-electron chi connectivity index (χ1n) is 8.37. The van der Waals surface area contributed by atoms with E-state index in [0.29, 0.717) is 24.8 Å². The minimum absolute atomic E-state index is 0.0819. The van der Waals surface area contributed by atoms with Crippen LogP contribution in [-0.2, 0) is 4.74 Å². The van der Waals surface area contributed by atoms with Crippen molar-refractivity contribution in [2.45, 2.75) is 18.9 Å². The summed E-state index contributed by atoms with van der Waals surface area (Å²) >= 11 is 0. The Labute approximate surface area is 143 Å². The molecule has 0 spiro atoms. The third-order valence-corrected chi connectivity index (χ3v) is 4.56. The van der Waals surface area contributed by atoms with Crippen LogP contribution in [-0.4, -0.2) is 31.2 Å². The number of rotatable bonds is 4. The Hall–Kier alpha value is -2.33. The van der Waals surface area contributed by atoms with Crippen LogP contribution in [0, 0.1) is 5.92 Å². The Bertz CT molecular complexity index is 636. The van der Waals surface area contributed by atoms with Crippen LogP contribution in [0.4, 0.5) is 4.79 Å². The zero-order chi connectivity index (χ0) is 16.8. The molecule has 2 aromatic carbocycles. The summed E-state index contributed by atoms with van der Waals surface area (Å²) in [6, 6.07) is 19.5. The van der Waals surface area contributed by atoms with E-state index in [1.165, 1.54) is 5.56 Å². The average Bonchev–Trinajstić information content (AvgIpc) is 2.65. The van der Waals surface area contributed by atoms with E-state index in [0.717, 1.165) is 12.8 Å². The fraction of sp³-hybridized carbons (Fsp3) is 0.350. The van der Waals surface area contributed by atoms with E-state index in [-0.39, 0.29) is 12.2 Å². The summed E-state index contributed by atoms with van der Waals surface area (Å²) in [5.74, 6) is 1.00. The number of hydrogen-bond acceptors (Lipinski definition) is 3. The highest BCUT2D eigenvalue weighted by atomic mass is 16.6. The van der Waals surface area contributed by atoms with Crippen LogP contribution < -0.4 is 4.74 Å². The molecule has 0 N–H and O–H groups in total. The van der Waals surface area contributed by atoms with Gasteiger partial charge in [0.25, 0.3) is 0 Å². The first-order chi connectivity index (χ1) is 11.8. The molecule has 126 valence electrons. The molecule has 0 bridgehead atoms. The summed E-state index contributed by atoms with van der Waals surface area (Å²) in [5, 5.41) is 0. The van der Waals surface area contributed by atoms with Gasteiger partial charge in [-0.25, -0.2) is 4.79 Å². The molecule has 0 aromatic heterocycles. The van der Waals surface area contributed by atoms with Gasteiger partial charge in [-0.2, -0.15) is 0 Å². The molecule has 3 rings (SSSR count). The van der Waals surface area contributed by atoms with E-state index in [9.17, 15) is 4.79 Å². The molecule has 1 unspecified atom stereocenters. The number of nitrogens with zero attached hydrogens (tertiary/aromatic N) is 1. The van der Waals surface area contributed by atoms with Gasteiger partial charge >= 0.3 is 6.09 Å². The van der Waals surface area contributed by atoms with Crippen molar-refractivity contribution in [1.29, 1.82) is 0 Å².